The summed E-state index contributed by atoms with van der Waals surface area (Å²) in [5.41, 5.74) is 5.96. The number of furan rings is 1. The van der Waals surface area contributed by atoms with Gasteiger partial charge in [-0.3, -0.25) is 0 Å². The second kappa shape index (κ2) is 4.67. The third kappa shape index (κ3) is 2.94. The zero-order chi connectivity index (χ0) is 14.2. The summed E-state index contributed by atoms with van der Waals surface area (Å²) in [6.45, 7) is 0. The molecule has 0 saturated heterocycles. The first-order chi connectivity index (χ1) is 8.78. The predicted octanol–water partition coefficient (Wildman–Crippen LogP) is 2.23. The number of halogens is 1. The largest absolute Gasteiger partial charge is 0.501 e. The van der Waals surface area contributed by atoms with Gasteiger partial charge in [0, 0.05) is 10.6 Å². The van der Waals surface area contributed by atoms with Gasteiger partial charge in [-0.25, -0.2) is 0 Å². The van der Waals surface area contributed by atoms with Crippen LogP contribution in [0.3, 0.4) is 0 Å². The lowest BCUT2D eigenvalue weighted by Gasteiger charge is -2.00. The van der Waals surface area contributed by atoms with E-state index in [2.05, 4.69) is 4.18 Å². The van der Waals surface area contributed by atoms with Crippen molar-refractivity contribution in [2.45, 2.75) is 0 Å². The van der Waals surface area contributed by atoms with E-state index in [1.807, 2.05) is 0 Å². The number of nitrogens with two attached hydrogens (primary N) is 1. The summed E-state index contributed by atoms with van der Waals surface area (Å²) in [4.78, 5) is 0. The molecule has 0 saturated carbocycles. The Morgan fingerprint density at radius 3 is 2.42 bits per heavy atom. The van der Waals surface area contributed by atoms with Crippen LogP contribution in [-0.4, -0.2) is 19.8 Å². The topological polar surface area (TPSA) is 103 Å². The summed E-state index contributed by atoms with van der Waals surface area (Å²) in [6.07, 6.45) is 0.834. The molecule has 0 aliphatic heterocycles. The number of hydrogen-bond acceptors (Lipinski definition) is 6. The zero-order valence-electron chi connectivity index (χ0n) is 9.75. The highest BCUT2D eigenvalue weighted by atomic mass is 35.5. The Balaban J connectivity index is 2.49. The van der Waals surface area contributed by atoms with E-state index in [-0.39, 0.29) is 11.6 Å². The molecule has 19 heavy (non-hydrogen) atoms. The number of anilines is 1. The summed E-state index contributed by atoms with van der Waals surface area (Å²) >= 11 is 5.74. The molecule has 0 aliphatic rings. The van der Waals surface area contributed by atoms with Crippen molar-refractivity contribution in [3.63, 3.8) is 0 Å². The van der Waals surface area contributed by atoms with E-state index < -0.39 is 21.6 Å². The molecule has 0 atom stereocenters. The fourth-order valence-electron chi connectivity index (χ4n) is 1.45. The highest BCUT2D eigenvalue weighted by molar-refractivity contribution is 7.86. The Labute approximate surface area is 114 Å². The van der Waals surface area contributed by atoms with Crippen molar-refractivity contribution in [2.24, 2.45) is 0 Å². The highest BCUT2D eigenvalue weighted by Crippen LogP contribution is 2.45. The monoisotopic (exact) mass is 303 g/mol. The minimum atomic E-state index is -3.82. The van der Waals surface area contributed by atoms with E-state index in [4.69, 9.17) is 21.8 Å². The molecule has 1 aromatic carbocycles. The Kier molecular flexibility index (Phi) is 3.34. The second-order valence-electron chi connectivity index (χ2n) is 3.77. The minimum absolute atomic E-state index is 0.00724. The van der Waals surface area contributed by atoms with Gasteiger partial charge in [-0.1, -0.05) is 11.6 Å². The van der Waals surface area contributed by atoms with Crippen LogP contribution >= 0.6 is 11.6 Å². The van der Waals surface area contributed by atoms with Gasteiger partial charge in [-0.15, -0.1) is 0 Å². The molecule has 0 radical (unpaired) electrons. The van der Waals surface area contributed by atoms with E-state index in [1.165, 1.54) is 0 Å². The van der Waals surface area contributed by atoms with Crippen LogP contribution in [0.5, 0.6) is 11.5 Å². The predicted molar refractivity (Wildman–Crippen MR) is 70.7 cm³/mol. The van der Waals surface area contributed by atoms with Crippen LogP contribution in [0, 0.1) is 0 Å². The molecule has 0 amide bonds. The Hall–Kier alpha value is -1.86. The van der Waals surface area contributed by atoms with Crippen molar-refractivity contribution in [1.82, 2.24) is 0 Å². The average molecular weight is 304 g/mol. The third-order valence-corrected chi connectivity index (χ3v) is 2.93. The number of aromatic hydroxyl groups is 1. The van der Waals surface area contributed by atoms with Crippen LogP contribution in [0.4, 0.5) is 5.88 Å². The Morgan fingerprint density at radius 1 is 1.32 bits per heavy atom. The SMILES string of the molecule is CS(=O)(=O)Oc1c(N)oc(-c2ccc(Cl)cc2)c1O. The molecule has 2 rings (SSSR count). The van der Waals surface area contributed by atoms with Gasteiger partial charge in [0.1, 0.15) is 0 Å². The van der Waals surface area contributed by atoms with Gasteiger partial charge in [-0.2, -0.15) is 8.42 Å². The summed E-state index contributed by atoms with van der Waals surface area (Å²) in [7, 11) is -3.82. The van der Waals surface area contributed by atoms with Gasteiger partial charge in [0.15, 0.2) is 5.76 Å². The van der Waals surface area contributed by atoms with Gasteiger partial charge < -0.3 is 19.4 Å². The summed E-state index contributed by atoms with van der Waals surface area (Å²) in [6, 6.07) is 6.35. The van der Waals surface area contributed by atoms with Crippen molar-refractivity contribution in [2.75, 3.05) is 12.0 Å². The first-order valence-electron chi connectivity index (χ1n) is 5.04. The standard InChI is InChI=1S/C11H10ClNO5S/c1-19(15,16)18-10-8(14)9(17-11(10)13)6-2-4-7(12)5-3-6/h2-5,14H,13H2,1H3. The first kappa shape index (κ1) is 13.6. The van der Waals surface area contributed by atoms with Crippen LogP contribution in [0.25, 0.3) is 11.3 Å². The molecule has 1 heterocycles. The second-order valence-corrected chi connectivity index (χ2v) is 5.78. The summed E-state index contributed by atoms with van der Waals surface area (Å²) < 4.78 is 31.8. The van der Waals surface area contributed by atoms with Crippen molar-refractivity contribution in [3.05, 3.63) is 29.3 Å². The molecule has 0 bridgehead atoms. The van der Waals surface area contributed by atoms with E-state index in [0.717, 1.165) is 6.26 Å². The van der Waals surface area contributed by atoms with Gasteiger partial charge >= 0.3 is 10.1 Å². The quantitative estimate of drug-likeness (QED) is 0.843. The molecule has 8 heteroatoms. The first-order valence-corrected chi connectivity index (χ1v) is 7.24. The van der Waals surface area contributed by atoms with Crippen LogP contribution in [-0.2, 0) is 10.1 Å². The molecule has 0 spiro atoms. The molecule has 0 aliphatic carbocycles. The van der Waals surface area contributed by atoms with Crippen LogP contribution in [0.1, 0.15) is 0 Å². The molecular formula is C11H10ClNO5S. The normalized spacial score (nSPS) is 11.5. The fourth-order valence-corrected chi connectivity index (χ4v) is 2.04. The van der Waals surface area contributed by atoms with Crippen LogP contribution in [0.2, 0.25) is 5.02 Å². The maximum absolute atomic E-state index is 11.0. The molecule has 3 N–H and O–H groups in total. The number of benzene rings is 1. The Morgan fingerprint density at radius 2 is 1.89 bits per heavy atom. The lowest BCUT2D eigenvalue weighted by atomic mass is 10.1. The van der Waals surface area contributed by atoms with Crippen molar-refractivity contribution >= 4 is 27.6 Å². The fraction of sp³-hybridized carbons (Fsp3) is 0.0909. The molecule has 6 nitrogen and oxygen atoms in total. The number of hydrogen-bond donors (Lipinski definition) is 2. The minimum Gasteiger partial charge on any atom is -0.501 e. The van der Waals surface area contributed by atoms with Crippen molar-refractivity contribution in [1.29, 1.82) is 0 Å². The lowest BCUT2D eigenvalue weighted by Crippen LogP contribution is -2.06. The van der Waals surface area contributed by atoms with E-state index in [0.29, 0.717) is 10.6 Å². The maximum Gasteiger partial charge on any atom is 0.306 e. The zero-order valence-corrected chi connectivity index (χ0v) is 11.3. The smallest absolute Gasteiger partial charge is 0.306 e. The summed E-state index contributed by atoms with van der Waals surface area (Å²) in [5.74, 6) is -1.22. The molecule has 1 aromatic heterocycles. The van der Waals surface area contributed by atoms with Crippen LogP contribution in [0.15, 0.2) is 28.7 Å². The number of nitrogen functional groups attached to an aromatic ring is 1. The van der Waals surface area contributed by atoms with Gasteiger partial charge in [-0.05, 0) is 24.3 Å². The van der Waals surface area contributed by atoms with Gasteiger partial charge in [0.05, 0.1) is 6.26 Å². The van der Waals surface area contributed by atoms with E-state index in [9.17, 15) is 13.5 Å². The van der Waals surface area contributed by atoms with Crippen LogP contribution < -0.4 is 9.92 Å². The molecule has 0 unspecified atom stereocenters. The third-order valence-electron chi connectivity index (χ3n) is 2.21. The lowest BCUT2D eigenvalue weighted by molar-refractivity contribution is 0.435. The average Bonchev–Trinajstić information content (AvgIpc) is 2.56. The van der Waals surface area contributed by atoms with Crippen molar-refractivity contribution in [3.8, 4) is 22.8 Å². The maximum atomic E-state index is 11.0. The molecular weight excluding hydrogens is 294 g/mol. The van der Waals surface area contributed by atoms with E-state index in [1.54, 1.807) is 24.3 Å². The summed E-state index contributed by atoms with van der Waals surface area (Å²) in [5, 5.41) is 10.4. The molecule has 2 aromatic rings. The molecule has 0 fully saturated rings. The van der Waals surface area contributed by atoms with Gasteiger partial charge in [0.25, 0.3) is 0 Å². The molecule has 102 valence electrons. The van der Waals surface area contributed by atoms with Gasteiger partial charge in [0.2, 0.25) is 17.4 Å². The highest BCUT2D eigenvalue weighted by Gasteiger charge is 2.23. The van der Waals surface area contributed by atoms with Crippen molar-refractivity contribution < 1.29 is 22.1 Å². The van der Waals surface area contributed by atoms with E-state index >= 15 is 0 Å². The Bertz CT molecular complexity index is 705. The number of rotatable bonds is 3.